The maximum Gasteiger partial charge on any atom is 0.136 e. The van der Waals surface area contributed by atoms with Crippen molar-refractivity contribution in [2.75, 3.05) is 6.61 Å². The second kappa shape index (κ2) is 10.4. The predicted octanol–water partition coefficient (Wildman–Crippen LogP) is 6.57. The molecule has 0 heterocycles. The minimum atomic E-state index is -0.716. The van der Waals surface area contributed by atoms with E-state index < -0.39 is 11.1 Å². The standard InChI is InChI=1S/C28H33NO/c1-3-23-30-28(25-18-9-5-10-19-25,26-20-11-6-12-21-26)27(2,29)22-14-13-17-24-15-7-4-8-16-24/h4-13,15-21H,3,14,22-23,29H2,1-2H3. The van der Waals surface area contributed by atoms with E-state index in [-0.39, 0.29) is 0 Å². The fourth-order valence-corrected chi connectivity index (χ4v) is 4.10. The highest BCUT2D eigenvalue weighted by atomic mass is 16.5. The Labute approximate surface area is 181 Å². The van der Waals surface area contributed by atoms with Gasteiger partial charge in [-0.3, -0.25) is 0 Å². The van der Waals surface area contributed by atoms with Crippen molar-refractivity contribution in [1.82, 2.24) is 0 Å². The number of hydrogen-bond donors (Lipinski definition) is 1. The molecule has 0 bridgehead atoms. The van der Waals surface area contributed by atoms with Crippen LogP contribution < -0.4 is 5.73 Å². The van der Waals surface area contributed by atoms with E-state index in [1.54, 1.807) is 0 Å². The van der Waals surface area contributed by atoms with E-state index in [9.17, 15) is 0 Å². The molecule has 3 aromatic carbocycles. The van der Waals surface area contributed by atoms with E-state index >= 15 is 0 Å². The van der Waals surface area contributed by atoms with E-state index in [2.05, 4.69) is 98.8 Å². The molecule has 0 amide bonds. The summed E-state index contributed by atoms with van der Waals surface area (Å²) < 4.78 is 6.68. The summed E-state index contributed by atoms with van der Waals surface area (Å²) in [5.41, 5.74) is 9.20. The van der Waals surface area contributed by atoms with Crippen molar-refractivity contribution in [3.63, 3.8) is 0 Å². The largest absolute Gasteiger partial charge is 0.364 e. The van der Waals surface area contributed by atoms with E-state index in [1.807, 2.05) is 18.2 Å². The monoisotopic (exact) mass is 399 g/mol. The zero-order valence-corrected chi connectivity index (χ0v) is 18.1. The van der Waals surface area contributed by atoms with E-state index in [1.165, 1.54) is 5.56 Å². The number of ether oxygens (including phenoxy) is 1. The van der Waals surface area contributed by atoms with Gasteiger partial charge < -0.3 is 10.5 Å². The SMILES string of the molecule is CCCOC(c1ccccc1)(c1ccccc1)C(C)(N)CCC=Cc1ccccc1. The van der Waals surface area contributed by atoms with Crippen LogP contribution in [0.3, 0.4) is 0 Å². The van der Waals surface area contributed by atoms with Gasteiger partial charge in [-0.15, -0.1) is 0 Å². The van der Waals surface area contributed by atoms with E-state index in [0.717, 1.165) is 30.4 Å². The Bertz CT molecular complexity index is 862. The minimum absolute atomic E-state index is 0.605. The van der Waals surface area contributed by atoms with Crippen LogP contribution in [0.4, 0.5) is 0 Å². The van der Waals surface area contributed by atoms with Gasteiger partial charge in [-0.25, -0.2) is 0 Å². The van der Waals surface area contributed by atoms with Crippen LogP contribution >= 0.6 is 0 Å². The van der Waals surface area contributed by atoms with Gasteiger partial charge in [0.1, 0.15) is 5.60 Å². The molecule has 0 aliphatic carbocycles. The molecule has 1 atom stereocenters. The highest BCUT2D eigenvalue weighted by Gasteiger charge is 2.49. The predicted molar refractivity (Wildman–Crippen MR) is 127 cm³/mol. The highest BCUT2D eigenvalue weighted by molar-refractivity contribution is 5.48. The molecular weight excluding hydrogens is 366 g/mol. The van der Waals surface area contributed by atoms with Crippen LogP contribution in [-0.4, -0.2) is 12.1 Å². The molecule has 0 spiro atoms. The molecule has 3 aromatic rings. The second-order valence-corrected chi connectivity index (χ2v) is 8.03. The Morgan fingerprint density at radius 1 is 0.800 bits per heavy atom. The smallest absolute Gasteiger partial charge is 0.136 e. The number of nitrogens with two attached hydrogens (primary N) is 1. The van der Waals surface area contributed by atoms with Crippen LogP contribution in [0.1, 0.15) is 49.8 Å². The third-order valence-electron chi connectivity index (χ3n) is 5.63. The third kappa shape index (κ3) is 4.89. The van der Waals surface area contributed by atoms with Gasteiger partial charge in [0.05, 0.1) is 5.54 Å². The van der Waals surface area contributed by atoms with Gasteiger partial charge in [-0.05, 0) is 42.9 Å². The second-order valence-electron chi connectivity index (χ2n) is 8.03. The van der Waals surface area contributed by atoms with Crippen LogP contribution in [0, 0.1) is 0 Å². The number of hydrogen-bond acceptors (Lipinski definition) is 2. The molecule has 0 radical (unpaired) electrons. The van der Waals surface area contributed by atoms with E-state index in [4.69, 9.17) is 10.5 Å². The van der Waals surface area contributed by atoms with Gasteiger partial charge in [-0.2, -0.15) is 0 Å². The van der Waals surface area contributed by atoms with Crippen LogP contribution in [0.15, 0.2) is 97.1 Å². The van der Waals surface area contributed by atoms with Crippen molar-refractivity contribution in [2.45, 2.75) is 44.2 Å². The lowest BCUT2D eigenvalue weighted by molar-refractivity contribution is -0.0718. The fourth-order valence-electron chi connectivity index (χ4n) is 4.10. The molecule has 2 N–H and O–H groups in total. The first kappa shape index (κ1) is 22.0. The van der Waals surface area contributed by atoms with Crippen molar-refractivity contribution in [3.8, 4) is 0 Å². The Hall–Kier alpha value is -2.68. The van der Waals surface area contributed by atoms with Crippen molar-refractivity contribution >= 4 is 6.08 Å². The summed E-state index contributed by atoms with van der Waals surface area (Å²) in [6.07, 6.45) is 6.98. The van der Waals surface area contributed by atoms with Gasteiger partial charge in [-0.1, -0.05) is 110 Å². The van der Waals surface area contributed by atoms with Crippen molar-refractivity contribution in [2.24, 2.45) is 5.73 Å². The zero-order valence-electron chi connectivity index (χ0n) is 18.1. The van der Waals surface area contributed by atoms with Gasteiger partial charge >= 0.3 is 0 Å². The third-order valence-corrected chi connectivity index (χ3v) is 5.63. The van der Waals surface area contributed by atoms with Gasteiger partial charge in [0.25, 0.3) is 0 Å². The van der Waals surface area contributed by atoms with Gasteiger partial charge in [0, 0.05) is 6.61 Å². The van der Waals surface area contributed by atoms with Crippen LogP contribution in [0.25, 0.3) is 6.08 Å². The summed E-state index contributed by atoms with van der Waals surface area (Å²) in [6.45, 7) is 4.91. The summed E-state index contributed by atoms with van der Waals surface area (Å²) in [7, 11) is 0. The lowest BCUT2D eigenvalue weighted by Crippen LogP contribution is -2.58. The summed E-state index contributed by atoms with van der Waals surface area (Å²) in [4.78, 5) is 0. The van der Waals surface area contributed by atoms with Gasteiger partial charge in [0.15, 0.2) is 0 Å². The Morgan fingerprint density at radius 3 is 1.80 bits per heavy atom. The van der Waals surface area contributed by atoms with Crippen molar-refractivity contribution in [3.05, 3.63) is 114 Å². The molecule has 0 aromatic heterocycles. The Balaban J connectivity index is 1.96. The molecule has 0 saturated carbocycles. The molecule has 156 valence electrons. The topological polar surface area (TPSA) is 35.2 Å². The van der Waals surface area contributed by atoms with Crippen molar-refractivity contribution in [1.29, 1.82) is 0 Å². The van der Waals surface area contributed by atoms with Gasteiger partial charge in [0.2, 0.25) is 0 Å². The van der Waals surface area contributed by atoms with Crippen LogP contribution in [-0.2, 0) is 10.3 Å². The summed E-state index contributed by atoms with van der Waals surface area (Å²) in [5.74, 6) is 0. The average Bonchev–Trinajstić information content (AvgIpc) is 2.79. The van der Waals surface area contributed by atoms with Crippen LogP contribution in [0.2, 0.25) is 0 Å². The highest BCUT2D eigenvalue weighted by Crippen LogP contribution is 2.44. The molecule has 0 saturated heterocycles. The summed E-state index contributed by atoms with van der Waals surface area (Å²) >= 11 is 0. The average molecular weight is 400 g/mol. The minimum Gasteiger partial charge on any atom is -0.364 e. The first-order valence-electron chi connectivity index (χ1n) is 10.9. The normalized spacial score (nSPS) is 14.0. The summed E-state index contributed by atoms with van der Waals surface area (Å²) in [5, 5.41) is 0. The molecule has 0 fully saturated rings. The quantitative estimate of drug-likeness (QED) is 0.418. The van der Waals surface area contributed by atoms with Crippen LogP contribution in [0.5, 0.6) is 0 Å². The maximum absolute atomic E-state index is 7.12. The number of allylic oxidation sites excluding steroid dienone is 1. The molecule has 0 aliphatic rings. The molecule has 2 nitrogen and oxygen atoms in total. The molecule has 2 heteroatoms. The lowest BCUT2D eigenvalue weighted by atomic mass is 9.69. The summed E-state index contributed by atoms with van der Waals surface area (Å²) in [6, 6.07) is 31.2. The lowest BCUT2D eigenvalue weighted by Gasteiger charge is -2.47. The molecule has 3 rings (SSSR count). The number of benzene rings is 3. The van der Waals surface area contributed by atoms with E-state index in [0.29, 0.717) is 6.61 Å². The maximum atomic E-state index is 7.12. The molecule has 30 heavy (non-hydrogen) atoms. The Morgan fingerprint density at radius 2 is 1.30 bits per heavy atom. The fraction of sp³-hybridized carbons (Fsp3) is 0.286. The number of rotatable bonds is 10. The molecular formula is C28H33NO. The zero-order chi connectivity index (χ0) is 21.3. The first-order valence-corrected chi connectivity index (χ1v) is 10.9. The molecule has 1 unspecified atom stereocenters. The first-order chi connectivity index (χ1) is 14.6. The van der Waals surface area contributed by atoms with Crippen molar-refractivity contribution < 1.29 is 4.74 Å². The Kier molecular flexibility index (Phi) is 7.62. The molecule has 0 aliphatic heterocycles.